The first-order valence-corrected chi connectivity index (χ1v) is 15.9. The number of halogens is 2. The molecule has 1 aromatic heterocycles. The number of rotatable bonds is 6. The molecule has 2 aliphatic rings. The molecule has 3 aromatic carbocycles. The fourth-order valence-electron chi connectivity index (χ4n) is 5.46. The third-order valence-corrected chi connectivity index (χ3v) is 11.0. The smallest absolute Gasteiger partial charge is 0.308 e. The number of fused-ring (bicyclic) bond motifs is 2. The Morgan fingerprint density at radius 3 is 2.28 bits per heavy atom. The summed E-state index contributed by atoms with van der Waals surface area (Å²) in [7, 11) is 3.88. The second kappa shape index (κ2) is 11.5. The molecule has 0 aliphatic carbocycles. The van der Waals surface area contributed by atoms with Crippen LogP contribution in [0.15, 0.2) is 76.6 Å². The standard InChI is InChI=1S/C31H26Cl2N4O4S2/c1-16-4-9-20(10-5-16)37-28(39)25-24(17-6-11-19(12-7-17)35(2)3)27-30(42-26(25)29(37)40)36(31(41)43-27)15-23(38)34-18-8-13-21(32)22(33)14-18/h4-14,24-26H,15H2,1-3H3,(H,34,38)/t24-,25?,26?/m1/s1. The maximum atomic E-state index is 14.0. The SMILES string of the molecule is Cc1ccc(N2C(=O)C3Sc4c(sc(=O)n4CC(=O)Nc4ccc(Cl)c(Cl)c4)[C@H](c4ccc(N(C)C)cc4)C3C2=O)cc1. The van der Waals surface area contributed by atoms with E-state index in [2.05, 4.69) is 5.32 Å². The topological polar surface area (TPSA) is 91.7 Å². The number of imide groups is 1. The zero-order valence-corrected chi connectivity index (χ0v) is 26.5. The highest BCUT2D eigenvalue weighted by Crippen LogP contribution is 2.54. The van der Waals surface area contributed by atoms with Crippen LogP contribution in [0.5, 0.6) is 0 Å². The summed E-state index contributed by atoms with van der Waals surface area (Å²) in [4.78, 5) is 58.0. The molecule has 12 heteroatoms. The first-order chi connectivity index (χ1) is 20.5. The van der Waals surface area contributed by atoms with Crippen molar-refractivity contribution in [2.45, 2.75) is 29.7 Å². The summed E-state index contributed by atoms with van der Waals surface area (Å²) in [5, 5.41) is 3.16. The van der Waals surface area contributed by atoms with Gasteiger partial charge in [-0.05, 0) is 55.0 Å². The molecule has 6 rings (SSSR count). The second-order valence-corrected chi connectivity index (χ2v) is 13.6. The summed E-state index contributed by atoms with van der Waals surface area (Å²) in [5.74, 6) is -2.33. The third-order valence-electron chi connectivity index (χ3n) is 7.62. The van der Waals surface area contributed by atoms with Gasteiger partial charge in [0.1, 0.15) is 11.8 Å². The molecule has 3 amide bonds. The first kappa shape index (κ1) is 29.5. The number of benzene rings is 3. The molecule has 220 valence electrons. The lowest BCUT2D eigenvalue weighted by atomic mass is 9.83. The Morgan fingerprint density at radius 2 is 1.63 bits per heavy atom. The van der Waals surface area contributed by atoms with E-state index < -0.39 is 23.0 Å². The van der Waals surface area contributed by atoms with E-state index in [1.807, 2.05) is 62.3 Å². The van der Waals surface area contributed by atoms with Crippen molar-refractivity contribution < 1.29 is 14.4 Å². The Morgan fingerprint density at radius 1 is 0.930 bits per heavy atom. The number of aryl methyl sites for hydroxylation is 1. The first-order valence-electron chi connectivity index (χ1n) is 13.4. The number of hydrogen-bond donors (Lipinski definition) is 1. The van der Waals surface area contributed by atoms with Crippen LogP contribution in [0.3, 0.4) is 0 Å². The summed E-state index contributed by atoms with van der Waals surface area (Å²) in [6, 6.07) is 19.8. The van der Waals surface area contributed by atoms with Gasteiger partial charge in [0.2, 0.25) is 17.7 Å². The molecule has 43 heavy (non-hydrogen) atoms. The predicted molar refractivity (Wildman–Crippen MR) is 173 cm³/mol. The van der Waals surface area contributed by atoms with Crippen molar-refractivity contribution in [2.24, 2.45) is 5.92 Å². The van der Waals surface area contributed by atoms with Crippen LogP contribution in [0.25, 0.3) is 0 Å². The van der Waals surface area contributed by atoms with E-state index in [1.165, 1.54) is 27.3 Å². The number of thiazole rings is 1. The summed E-state index contributed by atoms with van der Waals surface area (Å²) in [6.45, 7) is 1.67. The molecule has 4 aromatic rings. The fourth-order valence-corrected chi connectivity index (χ4v) is 8.53. The van der Waals surface area contributed by atoms with Crippen molar-refractivity contribution >= 4 is 81.1 Å². The molecule has 3 heterocycles. The van der Waals surface area contributed by atoms with Gasteiger partial charge in [0, 0.05) is 36.3 Å². The normalized spacial score (nSPS) is 19.3. The number of carbonyl (C=O) groups excluding carboxylic acids is 3. The van der Waals surface area contributed by atoms with Gasteiger partial charge in [-0.15, -0.1) is 0 Å². The van der Waals surface area contributed by atoms with Crippen LogP contribution in [0.1, 0.15) is 21.9 Å². The number of amides is 3. The van der Waals surface area contributed by atoms with Crippen LogP contribution in [-0.4, -0.2) is 41.6 Å². The average molecular weight is 654 g/mol. The third kappa shape index (κ3) is 5.37. The lowest BCUT2D eigenvalue weighted by Crippen LogP contribution is -2.33. The summed E-state index contributed by atoms with van der Waals surface area (Å²) >= 11 is 14.3. The van der Waals surface area contributed by atoms with Crippen LogP contribution in [0.2, 0.25) is 10.0 Å². The van der Waals surface area contributed by atoms with Crippen molar-refractivity contribution in [3.05, 3.63) is 102 Å². The number of nitrogens with one attached hydrogen (secondary N) is 1. The monoisotopic (exact) mass is 652 g/mol. The zero-order chi connectivity index (χ0) is 30.6. The van der Waals surface area contributed by atoms with Crippen molar-refractivity contribution in [3.63, 3.8) is 0 Å². The Kier molecular flexibility index (Phi) is 7.89. The minimum Gasteiger partial charge on any atom is -0.378 e. The number of thioether (sulfide) groups is 1. The number of nitrogens with zero attached hydrogens (tertiary/aromatic N) is 3. The van der Waals surface area contributed by atoms with Crippen molar-refractivity contribution in [3.8, 4) is 0 Å². The number of aromatic nitrogens is 1. The molecular formula is C31H26Cl2N4O4S2. The number of carbonyl (C=O) groups is 3. The number of anilines is 3. The molecule has 1 saturated heterocycles. The Labute approximate surface area is 266 Å². The Bertz CT molecular complexity index is 1820. The van der Waals surface area contributed by atoms with Gasteiger partial charge in [-0.1, -0.05) is 76.1 Å². The van der Waals surface area contributed by atoms with Crippen molar-refractivity contribution in [2.75, 3.05) is 29.2 Å². The molecule has 0 bridgehead atoms. The molecule has 0 saturated carbocycles. The van der Waals surface area contributed by atoms with E-state index in [9.17, 15) is 19.2 Å². The van der Waals surface area contributed by atoms with Gasteiger partial charge in [-0.3, -0.25) is 23.7 Å². The van der Waals surface area contributed by atoms with Crippen molar-refractivity contribution in [1.29, 1.82) is 0 Å². The van der Waals surface area contributed by atoms with Gasteiger partial charge in [-0.2, -0.15) is 0 Å². The molecule has 2 unspecified atom stereocenters. The van der Waals surface area contributed by atoms with Gasteiger partial charge >= 0.3 is 4.87 Å². The molecular weight excluding hydrogens is 627 g/mol. The van der Waals surface area contributed by atoms with E-state index in [1.54, 1.807) is 24.3 Å². The molecule has 1 fully saturated rings. The highest BCUT2D eigenvalue weighted by atomic mass is 35.5. The molecule has 3 atom stereocenters. The van der Waals surface area contributed by atoms with Gasteiger partial charge in [0.25, 0.3) is 0 Å². The second-order valence-electron chi connectivity index (χ2n) is 10.7. The van der Waals surface area contributed by atoms with E-state index in [4.69, 9.17) is 23.2 Å². The lowest BCUT2D eigenvalue weighted by molar-refractivity contribution is -0.122. The van der Waals surface area contributed by atoms with Gasteiger partial charge < -0.3 is 10.2 Å². The molecule has 2 aliphatic heterocycles. The van der Waals surface area contributed by atoms with E-state index in [0.29, 0.717) is 26.3 Å². The maximum absolute atomic E-state index is 14.0. The zero-order valence-electron chi connectivity index (χ0n) is 23.3. The van der Waals surface area contributed by atoms with Gasteiger partial charge in [-0.25, -0.2) is 4.90 Å². The van der Waals surface area contributed by atoms with Gasteiger partial charge in [0.05, 0.1) is 26.7 Å². The largest absolute Gasteiger partial charge is 0.378 e. The molecule has 1 N–H and O–H groups in total. The Hall–Kier alpha value is -3.57. The fraction of sp³-hybridized carbons (Fsp3) is 0.226. The van der Waals surface area contributed by atoms with Crippen LogP contribution < -0.4 is 20.0 Å². The highest BCUT2D eigenvalue weighted by Gasteiger charge is 2.56. The Balaban J connectivity index is 1.40. The molecule has 8 nitrogen and oxygen atoms in total. The predicted octanol–water partition coefficient (Wildman–Crippen LogP) is 6.03. The number of hydrogen-bond acceptors (Lipinski definition) is 7. The van der Waals surface area contributed by atoms with E-state index >= 15 is 0 Å². The van der Waals surface area contributed by atoms with Crippen LogP contribution >= 0.6 is 46.3 Å². The quantitative estimate of drug-likeness (QED) is 0.256. The minimum absolute atomic E-state index is 0.272. The highest BCUT2D eigenvalue weighted by molar-refractivity contribution is 8.00. The van der Waals surface area contributed by atoms with E-state index in [-0.39, 0.29) is 28.3 Å². The van der Waals surface area contributed by atoms with Gasteiger partial charge in [0.15, 0.2) is 0 Å². The summed E-state index contributed by atoms with van der Waals surface area (Å²) in [6.07, 6.45) is 0. The maximum Gasteiger partial charge on any atom is 0.308 e. The van der Waals surface area contributed by atoms with Crippen LogP contribution in [0, 0.1) is 12.8 Å². The molecule has 0 radical (unpaired) electrons. The average Bonchev–Trinajstić information content (AvgIpc) is 3.41. The van der Waals surface area contributed by atoms with E-state index in [0.717, 1.165) is 28.2 Å². The molecule has 0 spiro atoms. The summed E-state index contributed by atoms with van der Waals surface area (Å²) in [5.41, 5.74) is 3.76. The summed E-state index contributed by atoms with van der Waals surface area (Å²) < 4.78 is 1.39. The van der Waals surface area contributed by atoms with Crippen LogP contribution in [0.4, 0.5) is 17.1 Å². The minimum atomic E-state index is -0.766. The van der Waals surface area contributed by atoms with Crippen LogP contribution in [-0.2, 0) is 20.9 Å². The lowest BCUT2D eigenvalue weighted by Gasteiger charge is -2.31. The van der Waals surface area contributed by atoms with Crippen molar-refractivity contribution in [1.82, 2.24) is 4.57 Å².